The lowest BCUT2D eigenvalue weighted by atomic mass is 9.94. The number of carbonyl (C=O) groups excluding carboxylic acids is 2. The standard InChI is InChI=1S/C22H28FN5O3/c1-21(2,3)31-20(30)28-11-5-10-22(23,13-28)19(29)27-18-16(25)8-9-17(26-18)14-6-4-7-15(24)12-14/h4,6-9,12H,5,10-11,13,24-25H2,1-3H3,(H,26,27,29). The van der Waals surface area contributed by atoms with E-state index in [2.05, 4.69) is 10.3 Å². The molecule has 1 aromatic heterocycles. The van der Waals surface area contributed by atoms with Crippen LogP contribution in [0.5, 0.6) is 0 Å². The van der Waals surface area contributed by atoms with Crippen molar-refractivity contribution in [3.8, 4) is 11.3 Å². The maximum Gasteiger partial charge on any atom is 0.410 e. The fourth-order valence-corrected chi connectivity index (χ4v) is 3.33. The van der Waals surface area contributed by atoms with E-state index in [0.717, 1.165) is 5.56 Å². The van der Waals surface area contributed by atoms with E-state index in [1.807, 2.05) is 6.07 Å². The van der Waals surface area contributed by atoms with Gasteiger partial charge in [-0.15, -0.1) is 0 Å². The zero-order valence-electron chi connectivity index (χ0n) is 17.9. The average molecular weight is 429 g/mol. The largest absolute Gasteiger partial charge is 0.444 e. The molecule has 1 fully saturated rings. The number of piperidine rings is 1. The molecule has 166 valence electrons. The van der Waals surface area contributed by atoms with Gasteiger partial charge in [-0.25, -0.2) is 14.2 Å². The number of nitrogens with one attached hydrogen (secondary N) is 1. The lowest BCUT2D eigenvalue weighted by Crippen LogP contribution is -2.54. The molecule has 8 nitrogen and oxygen atoms in total. The smallest absolute Gasteiger partial charge is 0.410 e. The number of hydrogen-bond acceptors (Lipinski definition) is 6. The number of amides is 2. The molecule has 2 heterocycles. The van der Waals surface area contributed by atoms with Crippen LogP contribution < -0.4 is 16.8 Å². The first-order chi connectivity index (χ1) is 14.5. The number of carbonyl (C=O) groups is 2. The van der Waals surface area contributed by atoms with E-state index in [1.165, 1.54) is 4.90 Å². The number of benzene rings is 1. The van der Waals surface area contributed by atoms with E-state index in [9.17, 15) is 9.59 Å². The van der Waals surface area contributed by atoms with Crippen molar-refractivity contribution in [2.24, 2.45) is 0 Å². The molecule has 1 aliphatic heterocycles. The van der Waals surface area contributed by atoms with Gasteiger partial charge in [-0.2, -0.15) is 0 Å². The molecule has 1 aromatic carbocycles. The summed E-state index contributed by atoms with van der Waals surface area (Å²) in [5, 5.41) is 2.49. The second-order valence-corrected chi connectivity index (χ2v) is 8.68. The van der Waals surface area contributed by atoms with Gasteiger partial charge in [0.1, 0.15) is 5.60 Å². The molecule has 1 aliphatic rings. The van der Waals surface area contributed by atoms with Crippen LogP contribution >= 0.6 is 0 Å². The number of ether oxygens (including phenoxy) is 1. The van der Waals surface area contributed by atoms with Gasteiger partial charge < -0.3 is 26.4 Å². The van der Waals surface area contributed by atoms with E-state index < -0.39 is 29.8 Å². The highest BCUT2D eigenvalue weighted by atomic mass is 19.1. The number of likely N-dealkylation sites (tertiary alicyclic amines) is 1. The first-order valence-corrected chi connectivity index (χ1v) is 10.1. The summed E-state index contributed by atoms with van der Waals surface area (Å²) in [5.41, 5.74) is 10.8. The van der Waals surface area contributed by atoms with E-state index in [0.29, 0.717) is 24.3 Å². The Labute approximate surface area is 180 Å². The maximum atomic E-state index is 15.6. The van der Waals surface area contributed by atoms with Gasteiger partial charge in [-0.3, -0.25) is 4.79 Å². The summed E-state index contributed by atoms with van der Waals surface area (Å²) in [7, 11) is 0. The Morgan fingerprint density at radius 3 is 2.65 bits per heavy atom. The highest BCUT2D eigenvalue weighted by Crippen LogP contribution is 2.30. The molecule has 0 saturated carbocycles. The van der Waals surface area contributed by atoms with Crippen LogP contribution in [0.15, 0.2) is 36.4 Å². The molecule has 31 heavy (non-hydrogen) atoms. The van der Waals surface area contributed by atoms with Crippen molar-refractivity contribution in [2.45, 2.75) is 44.9 Å². The number of alkyl halides is 1. The Balaban J connectivity index is 1.77. The van der Waals surface area contributed by atoms with Crippen LogP contribution in [-0.2, 0) is 9.53 Å². The summed E-state index contributed by atoms with van der Waals surface area (Å²) in [4.78, 5) is 30.7. The number of rotatable bonds is 3. The lowest BCUT2D eigenvalue weighted by molar-refractivity contribution is -0.130. The summed E-state index contributed by atoms with van der Waals surface area (Å²) in [6, 6.07) is 10.4. The predicted octanol–water partition coefficient (Wildman–Crippen LogP) is 3.59. The Hall–Kier alpha value is -3.36. The average Bonchev–Trinajstić information content (AvgIpc) is 2.68. The minimum Gasteiger partial charge on any atom is -0.444 e. The number of nitrogen functional groups attached to an aromatic ring is 2. The number of aromatic nitrogens is 1. The third-order valence-corrected chi connectivity index (χ3v) is 4.84. The number of pyridine rings is 1. The topological polar surface area (TPSA) is 124 Å². The molecule has 0 bridgehead atoms. The third kappa shape index (κ3) is 5.42. The Morgan fingerprint density at radius 1 is 1.23 bits per heavy atom. The molecule has 0 spiro atoms. The molecule has 0 aliphatic carbocycles. The van der Waals surface area contributed by atoms with Crippen molar-refractivity contribution in [1.29, 1.82) is 0 Å². The number of nitrogens with two attached hydrogens (primary N) is 2. The summed E-state index contributed by atoms with van der Waals surface area (Å²) in [6.45, 7) is 5.10. The monoisotopic (exact) mass is 429 g/mol. The molecule has 2 amide bonds. The molecule has 1 unspecified atom stereocenters. The number of anilines is 3. The zero-order valence-corrected chi connectivity index (χ0v) is 17.9. The lowest BCUT2D eigenvalue weighted by Gasteiger charge is -2.36. The first-order valence-electron chi connectivity index (χ1n) is 10.1. The van der Waals surface area contributed by atoms with Gasteiger partial charge in [0.2, 0.25) is 5.67 Å². The van der Waals surface area contributed by atoms with Crippen molar-refractivity contribution < 1.29 is 18.7 Å². The molecular weight excluding hydrogens is 401 g/mol. The molecule has 2 aromatic rings. The molecule has 3 rings (SSSR count). The minimum absolute atomic E-state index is 0.0209. The van der Waals surface area contributed by atoms with Gasteiger partial charge in [-0.05, 0) is 57.9 Å². The molecule has 5 N–H and O–H groups in total. The second kappa shape index (κ2) is 8.41. The molecule has 1 saturated heterocycles. The Bertz CT molecular complexity index is 991. The van der Waals surface area contributed by atoms with Gasteiger partial charge in [0.05, 0.1) is 17.9 Å². The molecule has 9 heteroatoms. The number of nitrogens with zero attached hydrogens (tertiary/aromatic N) is 2. The van der Waals surface area contributed by atoms with Crippen molar-refractivity contribution in [3.63, 3.8) is 0 Å². The molecule has 1 atom stereocenters. The van der Waals surface area contributed by atoms with E-state index in [-0.39, 0.29) is 17.9 Å². The zero-order chi connectivity index (χ0) is 22.8. The fraction of sp³-hybridized carbons (Fsp3) is 0.409. The van der Waals surface area contributed by atoms with Crippen LogP contribution in [0.3, 0.4) is 0 Å². The summed E-state index contributed by atoms with van der Waals surface area (Å²) >= 11 is 0. The van der Waals surface area contributed by atoms with Crippen LogP contribution in [-0.4, -0.2) is 46.2 Å². The van der Waals surface area contributed by atoms with Crippen LogP contribution in [0.4, 0.5) is 26.4 Å². The van der Waals surface area contributed by atoms with Gasteiger partial charge in [-0.1, -0.05) is 12.1 Å². The van der Waals surface area contributed by atoms with E-state index in [1.54, 1.807) is 51.1 Å². The maximum absolute atomic E-state index is 15.6. The summed E-state index contributed by atoms with van der Waals surface area (Å²) < 4.78 is 20.9. The van der Waals surface area contributed by atoms with Crippen LogP contribution in [0.2, 0.25) is 0 Å². The van der Waals surface area contributed by atoms with Crippen molar-refractivity contribution in [2.75, 3.05) is 29.9 Å². The minimum atomic E-state index is -2.28. The Kier molecular flexibility index (Phi) is 6.06. The molecular formula is C22H28FN5O3. The normalized spacial score (nSPS) is 19.0. The van der Waals surface area contributed by atoms with Crippen molar-refractivity contribution in [1.82, 2.24) is 9.88 Å². The Morgan fingerprint density at radius 2 is 1.97 bits per heavy atom. The highest BCUT2D eigenvalue weighted by Gasteiger charge is 2.45. The SMILES string of the molecule is CC(C)(C)OC(=O)N1CCCC(F)(C(=O)Nc2nc(-c3cccc(N)c3)ccc2N)C1. The summed E-state index contributed by atoms with van der Waals surface area (Å²) in [6.07, 6.45) is -0.342. The number of halogens is 1. The van der Waals surface area contributed by atoms with Crippen molar-refractivity contribution in [3.05, 3.63) is 36.4 Å². The van der Waals surface area contributed by atoms with Gasteiger partial charge in [0.15, 0.2) is 5.82 Å². The third-order valence-electron chi connectivity index (χ3n) is 4.84. The highest BCUT2D eigenvalue weighted by molar-refractivity contribution is 5.99. The fourth-order valence-electron chi connectivity index (χ4n) is 3.33. The van der Waals surface area contributed by atoms with Crippen LogP contribution in [0.25, 0.3) is 11.3 Å². The van der Waals surface area contributed by atoms with Gasteiger partial charge in [0, 0.05) is 17.8 Å². The van der Waals surface area contributed by atoms with Gasteiger partial charge in [0.25, 0.3) is 5.91 Å². The summed E-state index contributed by atoms with van der Waals surface area (Å²) in [5.74, 6) is -0.846. The van der Waals surface area contributed by atoms with Gasteiger partial charge >= 0.3 is 6.09 Å². The number of hydrogen-bond donors (Lipinski definition) is 3. The predicted molar refractivity (Wildman–Crippen MR) is 118 cm³/mol. The van der Waals surface area contributed by atoms with Crippen molar-refractivity contribution >= 4 is 29.2 Å². The van der Waals surface area contributed by atoms with Crippen LogP contribution in [0.1, 0.15) is 33.6 Å². The van der Waals surface area contributed by atoms with Crippen LogP contribution in [0, 0.1) is 0 Å². The molecule has 0 radical (unpaired) electrons. The first kappa shape index (κ1) is 22.3. The van der Waals surface area contributed by atoms with E-state index >= 15 is 4.39 Å². The quantitative estimate of drug-likeness (QED) is 0.641. The second-order valence-electron chi connectivity index (χ2n) is 8.68. The van der Waals surface area contributed by atoms with E-state index in [4.69, 9.17) is 16.2 Å².